The Kier molecular flexibility index (Phi) is 8.49. The minimum atomic E-state index is -3.99. The highest BCUT2D eigenvalue weighted by atomic mass is 19.3. The van der Waals surface area contributed by atoms with Crippen molar-refractivity contribution in [1.82, 2.24) is 0 Å². The molecule has 0 aliphatic rings. The molecular formula is C10H14F2O6. The molecule has 0 rings (SSSR count). The average Bonchev–Trinajstić information content (AvgIpc) is 2.27. The Morgan fingerprint density at radius 3 is 1.56 bits per heavy atom. The number of hydrogen-bond acceptors (Lipinski definition) is 6. The molecule has 0 aromatic rings. The molecule has 0 bridgehead atoms. The number of carbonyl (C=O) groups excluding carboxylic acids is 4. The molecule has 8 heteroatoms. The second-order valence-corrected chi connectivity index (χ2v) is 3.08. The highest BCUT2D eigenvalue weighted by Gasteiger charge is 2.45. The standard InChI is InChI=1S/C5H6F2O3.C5H8O3/c1-3(8)5(6,7)4(9)10-2;1-4(6)3-5(7)8-2/h1-2H3;3H2,1-2H3. The number of alkyl halides is 2. The number of Topliss-reactive ketones (excluding diaryl/α,β-unsaturated/α-hetero) is 2. The average molecular weight is 268 g/mol. The fraction of sp³-hybridized carbons (Fsp3) is 0.600. The third-order valence-electron chi connectivity index (χ3n) is 1.50. The Bertz CT molecular complexity index is 337. The number of rotatable bonds is 4. The summed E-state index contributed by atoms with van der Waals surface area (Å²) < 4.78 is 32.1. The highest BCUT2D eigenvalue weighted by molar-refractivity contribution is 6.03. The van der Waals surface area contributed by atoms with Gasteiger partial charge in [-0.1, -0.05) is 0 Å². The quantitative estimate of drug-likeness (QED) is 0.545. The monoisotopic (exact) mass is 268 g/mol. The molecule has 0 aliphatic heterocycles. The molecule has 0 aliphatic carbocycles. The predicted molar refractivity (Wildman–Crippen MR) is 55.0 cm³/mol. The first-order valence-electron chi connectivity index (χ1n) is 4.63. The smallest absolute Gasteiger partial charge is 0.399 e. The van der Waals surface area contributed by atoms with E-state index in [1.807, 2.05) is 0 Å². The van der Waals surface area contributed by atoms with Gasteiger partial charge >= 0.3 is 17.9 Å². The van der Waals surface area contributed by atoms with Crippen LogP contribution in [0.15, 0.2) is 0 Å². The van der Waals surface area contributed by atoms with Crippen molar-refractivity contribution in [2.75, 3.05) is 14.2 Å². The number of hydrogen-bond donors (Lipinski definition) is 0. The van der Waals surface area contributed by atoms with Gasteiger partial charge in [0.15, 0.2) is 0 Å². The van der Waals surface area contributed by atoms with Crippen LogP contribution < -0.4 is 0 Å². The van der Waals surface area contributed by atoms with Gasteiger partial charge in [-0.05, 0) is 6.92 Å². The maximum Gasteiger partial charge on any atom is 0.399 e. The molecule has 0 aromatic heterocycles. The van der Waals surface area contributed by atoms with Gasteiger partial charge in [-0.2, -0.15) is 8.78 Å². The van der Waals surface area contributed by atoms with Gasteiger partial charge in [-0.3, -0.25) is 14.4 Å². The van der Waals surface area contributed by atoms with E-state index in [0.29, 0.717) is 6.92 Å². The maximum absolute atomic E-state index is 12.1. The second kappa shape index (κ2) is 8.26. The third kappa shape index (κ3) is 7.42. The van der Waals surface area contributed by atoms with Crippen LogP contribution >= 0.6 is 0 Å². The molecule has 0 saturated heterocycles. The van der Waals surface area contributed by atoms with Crippen LogP contribution in [-0.4, -0.2) is 43.6 Å². The van der Waals surface area contributed by atoms with Gasteiger partial charge in [0.1, 0.15) is 12.2 Å². The van der Waals surface area contributed by atoms with Crippen LogP contribution in [0.25, 0.3) is 0 Å². The number of ether oxygens (including phenoxy) is 2. The minimum absolute atomic E-state index is 0.115. The Labute approximate surface area is 102 Å². The molecule has 0 N–H and O–H groups in total. The van der Waals surface area contributed by atoms with E-state index in [4.69, 9.17) is 0 Å². The summed E-state index contributed by atoms with van der Waals surface area (Å²) >= 11 is 0. The van der Waals surface area contributed by atoms with Gasteiger partial charge in [0.25, 0.3) is 0 Å². The van der Waals surface area contributed by atoms with E-state index in [9.17, 15) is 28.0 Å². The minimum Gasteiger partial charge on any atom is -0.469 e. The maximum atomic E-state index is 12.1. The summed E-state index contributed by atoms with van der Waals surface area (Å²) in [5.74, 6) is -7.97. The van der Waals surface area contributed by atoms with E-state index in [-0.39, 0.29) is 12.2 Å². The van der Waals surface area contributed by atoms with E-state index >= 15 is 0 Å². The molecule has 0 amide bonds. The van der Waals surface area contributed by atoms with Crippen molar-refractivity contribution in [3.05, 3.63) is 0 Å². The van der Waals surface area contributed by atoms with Crippen molar-refractivity contribution in [2.24, 2.45) is 0 Å². The molecule has 6 nitrogen and oxygen atoms in total. The van der Waals surface area contributed by atoms with Crippen molar-refractivity contribution in [3.8, 4) is 0 Å². The first kappa shape index (κ1) is 18.5. The first-order valence-corrected chi connectivity index (χ1v) is 4.63. The van der Waals surface area contributed by atoms with Gasteiger partial charge in [0.05, 0.1) is 14.2 Å². The molecular weight excluding hydrogens is 254 g/mol. The number of esters is 2. The zero-order chi connectivity index (χ0) is 14.9. The summed E-state index contributed by atoms with van der Waals surface area (Å²) in [5.41, 5.74) is 0. The van der Waals surface area contributed by atoms with Crippen LogP contribution in [0, 0.1) is 0 Å². The SMILES string of the molecule is COC(=O)C(F)(F)C(C)=O.COC(=O)CC(C)=O. The fourth-order valence-corrected chi connectivity index (χ4v) is 0.547. The van der Waals surface area contributed by atoms with Gasteiger partial charge in [-0.15, -0.1) is 0 Å². The molecule has 0 saturated carbocycles. The third-order valence-corrected chi connectivity index (χ3v) is 1.50. The van der Waals surface area contributed by atoms with E-state index < -0.39 is 23.6 Å². The van der Waals surface area contributed by atoms with Crippen molar-refractivity contribution in [3.63, 3.8) is 0 Å². The van der Waals surface area contributed by atoms with E-state index in [1.54, 1.807) is 0 Å². The van der Waals surface area contributed by atoms with Crippen LogP contribution in [0.4, 0.5) is 8.78 Å². The lowest BCUT2D eigenvalue weighted by atomic mass is 10.2. The normalized spacial score (nSPS) is 9.67. The lowest BCUT2D eigenvalue weighted by Gasteiger charge is -2.07. The Morgan fingerprint density at radius 1 is 1.00 bits per heavy atom. The van der Waals surface area contributed by atoms with E-state index in [1.165, 1.54) is 14.0 Å². The van der Waals surface area contributed by atoms with E-state index in [0.717, 1.165) is 7.11 Å². The number of ketones is 2. The lowest BCUT2D eigenvalue weighted by molar-refractivity contribution is -0.173. The first-order chi connectivity index (χ1) is 8.09. The molecule has 18 heavy (non-hydrogen) atoms. The zero-order valence-electron chi connectivity index (χ0n) is 10.4. The van der Waals surface area contributed by atoms with Gasteiger partial charge < -0.3 is 9.47 Å². The predicted octanol–water partition coefficient (Wildman–Crippen LogP) is 0.522. The van der Waals surface area contributed by atoms with Crippen molar-refractivity contribution < 1.29 is 37.4 Å². The summed E-state index contributed by atoms with van der Waals surface area (Å²) in [7, 11) is 2.05. The van der Waals surface area contributed by atoms with Crippen LogP contribution in [0.3, 0.4) is 0 Å². The molecule has 0 atom stereocenters. The van der Waals surface area contributed by atoms with Gasteiger partial charge in [0.2, 0.25) is 5.78 Å². The molecule has 104 valence electrons. The zero-order valence-corrected chi connectivity index (χ0v) is 10.4. The number of carbonyl (C=O) groups is 4. The van der Waals surface area contributed by atoms with Gasteiger partial charge in [0, 0.05) is 6.92 Å². The number of halogens is 2. The summed E-state index contributed by atoms with van der Waals surface area (Å²) in [6, 6.07) is 0. The Balaban J connectivity index is 0. The number of methoxy groups -OCH3 is 2. The lowest BCUT2D eigenvalue weighted by Crippen LogP contribution is -2.36. The van der Waals surface area contributed by atoms with Crippen molar-refractivity contribution >= 4 is 23.5 Å². The van der Waals surface area contributed by atoms with Crippen molar-refractivity contribution in [2.45, 2.75) is 26.2 Å². The molecule has 0 spiro atoms. The Hall–Kier alpha value is -1.86. The highest BCUT2D eigenvalue weighted by Crippen LogP contribution is 2.15. The topological polar surface area (TPSA) is 86.7 Å². The summed E-state index contributed by atoms with van der Waals surface area (Å²) in [6.45, 7) is 1.97. The van der Waals surface area contributed by atoms with Gasteiger partial charge in [-0.25, -0.2) is 4.79 Å². The summed E-state index contributed by atoms with van der Waals surface area (Å²) in [4.78, 5) is 40.4. The second-order valence-electron chi connectivity index (χ2n) is 3.08. The summed E-state index contributed by atoms with van der Waals surface area (Å²) in [5, 5.41) is 0. The molecule has 0 unspecified atom stereocenters. The molecule has 0 radical (unpaired) electrons. The Morgan fingerprint density at radius 2 is 1.44 bits per heavy atom. The van der Waals surface area contributed by atoms with Crippen LogP contribution in [0.5, 0.6) is 0 Å². The van der Waals surface area contributed by atoms with Crippen molar-refractivity contribution in [1.29, 1.82) is 0 Å². The summed E-state index contributed by atoms with van der Waals surface area (Å²) in [6.07, 6.45) is -0.115. The molecule has 0 fully saturated rings. The largest absolute Gasteiger partial charge is 0.469 e. The molecule has 0 heterocycles. The van der Waals surface area contributed by atoms with Crippen LogP contribution in [-0.2, 0) is 28.7 Å². The molecule has 0 aromatic carbocycles. The fourth-order valence-electron chi connectivity index (χ4n) is 0.547. The van der Waals surface area contributed by atoms with E-state index in [2.05, 4.69) is 9.47 Å². The van der Waals surface area contributed by atoms with Crippen LogP contribution in [0.1, 0.15) is 20.3 Å². The van der Waals surface area contributed by atoms with Crippen LogP contribution in [0.2, 0.25) is 0 Å².